The molecular weight excluding hydrogens is 456 g/mol. The number of amides is 2. The van der Waals surface area contributed by atoms with Gasteiger partial charge < -0.3 is 20.1 Å². The van der Waals surface area contributed by atoms with Crippen LogP contribution in [0.1, 0.15) is 48.9 Å². The number of esters is 1. The molecule has 2 bridgehead atoms. The molecule has 4 heterocycles. The molecule has 192 valence electrons. The highest BCUT2D eigenvalue weighted by atomic mass is 16.6. The van der Waals surface area contributed by atoms with Crippen LogP contribution < -0.4 is 10.6 Å². The predicted molar refractivity (Wildman–Crippen MR) is 137 cm³/mol. The Kier molecular flexibility index (Phi) is 6.90. The SMILES string of the molecule is CCc1ccc(CC(NC(=O)N2CCC3CC2(N2CNc4ccccc4C2)O3)C(=O)OC)cc1CC. The molecule has 2 aromatic rings. The van der Waals surface area contributed by atoms with Crippen LogP contribution in [0.15, 0.2) is 42.5 Å². The molecule has 3 atom stereocenters. The minimum atomic E-state index is -0.813. The fraction of sp³-hybridized carbons (Fsp3) is 0.500. The van der Waals surface area contributed by atoms with E-state index in [1.165, 1.54) is 23.8 Å². The Morgan fingerprint density at radius 3 is 2.72 bits per heavy atom. The van der Waals surface area contributed by atoms with Crippen molar-refractivity contribution in [3.63, 3.8) is 0 Å². The molecule has 0 aromatic heterocycles. The van der Waals surface area contributed by atoms with E-state index in [0.717, 1.165) is 36.9 Å². The fourth-order valence-electron chi connectivity index (χ4n) is 5.77. The van der Waals surface area contributed by atoms with Crippen LogP contribution in [0, 0.1) is 0 Å². The van der Waals surface area contributed by atoms with Gasteiger partial charge in [-0.25, -0.2) is 14.5 Å². The Morgan fingerprint density at radius 2 is 1.97 bits per heavy atom. The number of para-hydroxylation sites is 1. The van der Waals surface area contributed by atoms with Crippen molar-refractivity contribution >= 4 is 17.7 Å². The van der Waals surface area contributed by atoms with Gasteiger partial charge in [-0.05, 0) is 47.6 Å². The number of ether oxygens (including phenoxy) is 2. The standard InChI is InChI=1S/C28H36N4O4/c1-4-20-11-10-19(14-21(20)5-2)15-25(26(33)35-3)30-27(34)32-13-12-23-16-28(32,36-23)31-17-22-8-6-7-9-24(22)29-18-31/h6-11,14,23,25,29H,4-5,12-13,15-18H2,1-3H3,(H,30,34). The van der Waals surface area contributed by atoms with Gasteiger partial charge in [-0.15, -0.1) is 0 Å². The van der Waals surface area contributed by atoms with Crippen LogP contribution in [-0.4, -0.2) is 60.1 Å². The Hall–Kier alpha value is -3.10. The van der Waals surface area contributed by atoms with Gasteiger partial charge in [-0.3, -0.25) is 4.90 Å². The van der Waals surface area contributed by atoms with Crippen molar-refractivity contribution in [3.8, 4) is 0 Å². The molecule has 0 aliphatic carbocycles. The zero-order valence-corrected chi connectivity index (χ0v) is 21.4. The molecular formula is C28H36N4O4. The molecule has 2 aromatic carbocycles. The van der Waals surface area contributed by atoms with Crippen molar-refractivity contribution in [2.24, 2.45) is 0 Å². The number of aryl methyl sites for hydroxylation is 2. The molecule has 3 saturated heterocycles. The first-order valence-electron chi connectivity index (χ1n) is 13.0. The minimum Gasteiger partial charge on any atom is -0.467 e. The minimum absolute atomic E-state index is 0.159. The van der Waals surface area contributed by atoms with E-state index in [4.69, 9.17) is 9.47 Å². The van der Waals surface area contributed by atoms with E-state index in [1.54, 1.807) is 4.90 Å². The van der Waals surface area contributed by atoms with E-state index in [2.05, 4.69) is 53.6 Å². The monoisotopic (exact) mass is 492 g/mol. The van der Waals surface area contributed by atoms with Crippen LogP contribution in [0.5, 0.6) is 0 Å². The molecule has 8 heteroatoms. The first-order chi connectivity index (χ1) is 17.5. The summed E-state index contributed by atoms with van der Waals surface area (Å²) >= 11 is 0. The fourth-order valence-corrected chi connectivity index (χ4v) is 5.77. The third kappa shape index (κ3) is 4.44. The summed E-state index contributed by atoms with van der Waals surface area (Å²) in [6, 6.07) is 13.4. The van der Waals surface area contributed by atoms with E-state index in [9.17, 15) is 9.59 Å². The third-order valence-corrected chi connectivity index (χ3v) is 7.78. The van der Waals surface area contributed by atoms with Crippen LogP contribution in [0.3, 0.4) is 0 Å². The number of anilines is 1. The second-order valence-corrected chi connectivity index (χ2v) is 9.86. The number of fused-ring (bicyclic) bond motifs is 3. The van der Waals surface area contributed by atoms with Crippen molar-refractivity contribution in [1.82, 2.24) is 15.1 Å². The Balaban J connectivity index is 1.34. The van der Waals surface area contributed by atoms with Crippen LogP contribution in [0.2, 0.25) is 0 Å². The summed E-state index contributed by atoms with van der Waals surface area (Å²) < 4.78 is 11.4. The molecule has 6 rings (SSSR count). The molecule has 2 amide bonds. The first-order valence-corrected chi connectivity index (χ1v) is 13.0. The summed E-state index contributed by atoms with van der Waals surface area (Å²) in [4.78, 5) is 30.3. The number of piperidine rings is 1. The van der Waals surface area contributed by atoms with Crippen LogP contribution in [-0.2, 0) is 40.1 Å². The van der Waals surface area contributed by atoms with E-state index in [1.807, 2.05) is 18.2 Å². The highest BCUT2D eigenvalue weighted by Crippen LogP contribution is 2.46. The molecule has 3 fully saturated rings. The first kappa shape index (κ1) is 24.6. The number of urea groups is 1. The van der Waals surface area contributed by atoms with Gasteiger partial charge in [0.25, 0.3) is 0 Å². The van der Waals surface area contributed by atoms with Gasteiger partial charge in [-0.2, -0.15) is 0 Å². The van der Waals surface area contributed by atoms with Gasteiger partial charge >= 0.3 is 12.0 Å². The number of methoxy groups -OCH3 is 1. The lowest BCUT2D eigenvalue weighted by molar-refractivity contribution is -0.365. The number of carbonyl (C=O) groups excluding carboxylic acids is 2. The third-order valence-electron chi connectivity index (χ3n) is 7.78. The summed E-state index contributed by atoms with van der Waals surface area (Å²) in [7, 11) is 1.36. The molecule has 0 spiro atoms. The lowest BCUT2D eigenvalue weighted by Gasteiger charge is -2.62. The van der Waals surface area contributed by atoms with Gasteiger partial charge in [0.2, 0.25) is 5.85 Å². The maximum absolute atomic E-state index is 13.7. The van der Waals surface area contributed by atoms with Crippen LogP contribution >= 0.6 is 0 Å². The lowest BCUT2D eigenvalue weighted by Crippen LogP contribution is -2.77. The smallest absolute Gasteiger partial charge is 0.328 e. The zero-order valence-electron chi connectivity index (χ0n) is 21.4. The summed E-state index contributed by atoms with van der Waals surface area (Å²) in [6.07, 6.45) is 3.97. The summed E-state index contributed by atoms with van der Waals surface area (Å²) in [5, 5.41) is 6.43. The molecule has 0 saturated carbocycles. The van der Waals surface area contributed by atoms with Crippen molar-refractivity contribution in [2.45, 2.75) is 70.5 Å². The molecule has 8 nitrogen and oxygen atoms in total. The molecule has 2 N–H and O–H groups in total. The lowest BCUT2D eigenvalue weighted by atomic mass is 9.92. The van der Waals surface area contributed by atoms with E-state index >= 15 is 0 Å². The average Bonchev–Trinajstić information content (AvgIpc) is 2.91. The number of hydrogen-bond donors (Lipinski definition) is 2. The number of benzene rings is 2. The quantitative estimate of drug-likeness (QED) is 0.575. The Morgan fingerprint density at radius 1 is 1.19 bits per heavy atom. The highest BCUT2D eigenvalue weighted by molar-refractivity contribution is 5.84. The van der Waals surface area contributed by atoms with Gasteiger partial charge in [0.05, 0.1) is 19.9 Å². The van der Waals surface area contributed by atoms with Crippen LogP contribution in [0.4, 0.5) is 10.5 Å². The Bertz CT molecular complexity index is 1130. The number of nitrogens with zero attached hydrogens (tertiary/aromatic N) is 2. The topological polar surface area (TPSA) is 83.1 Å². The number of rotatable bonds is 7. The van der Waals surface area contributed by atoms with Crippen LogP contribution in [0.25, 0.3) is 0 Å². The van der Waals surface area contributed by atoms with E-state index in [0.29, 0.717) is 26.2 Å². The number of carbonyl (C=O) groups is 2. The molecule has 4 aliphatic rings. The molecule has 36 heavy (non-hydrogen) atoms. The van der Waals surface area contributed by atoms with Crippen molar-refractivity contribution in [1.29, 1.82) is 0 Å². The summed E-state index contributed by atoms with van der Waals surface area (Å²) in [6.45, 7) is 6.12. The molecule has 3 unspecified atom stereocenters. The molecule has 0 radical (unpaired) electrons. The van der Waals surface area contributed by atoms with E-state index in [-0.39, 0.29) is 12.1 Å². The normalized spacial score (nSPS) is 23.6. The zero-order chi connectivity index (χ0) is 25.3. The predicted octanol–water partition coefficient (Wildman–Crippen LogP) is 3.64. The number of nitrogens with one attached hydrogen (secondary N) is 2. The second kappa shape index (κ2) is 10.1. The average molecular weight is 493 g/mol. The van der Waals surface area contributed by atoms with Gasteiger partial charge in [0.15, 0.2) is 0 Å². The Labute approximate surface area is 212 Å². The van der Waals surface area contributed by atoms with Crippen molar-refractivity contribution in [3.05, 3.63) is 64.7 Å². The largest absolute Gasteiger partial charge is 0.467 e. The summed E-state index contributed by atoms with van der Waals surface area (Å²) in [5.41, 5.74) is 5.87. The van der Waals surface area contributed by atoms with E-state index < -0.39 is 17.9 Å². The van der Waals surface area contributed by atoms with Gasteiger partial charge in [-0.1, -0.05) is 50.2 Å². The number of hydrogen-bond acceptors (Lipinski definition) is 6. The van der Waals surface area contributed by atoms with Crippen molar-refractivity contribution in [2.75, 3.05) is 25.6 Å². The molecule has 4 aliphatic heterocycles. The van der Waals surface area contributed by atoms with Gasteiger partial charge in [0, 0.05) is 31.6 Å². The summed E-state index contributed by atoms with van der Waals surface area (Å²) in [5.74, 6) is -1.26. The van der Waals surface area contributed by atoms with Crippen molar-refractivity contribution < 1.29 is 19.1 Å². The second-order valence-electron chi connectivity index (χ2n) is 9.86. The highest BCUT2D eigenvalue weighted by Gasteiger charge is 2.59. The maximum atomic E-state index is 13.7. The van der Waals surface area contributed by atoms with Gasteiger partial charge in [0.1, 0.15) is 6.04 Å². The maximum Gasteiger partial charge on any atom is 0.328 e.